The molecule has 1 amide bonds. The summed E-state index contributed by atoms with van der Waals surface area (Å²) in [4.78, 5) is 18.4. The summed E-state index contributed by atoms with van der Waals surface area (Å²) in [7, 11) is 0. The van der Waals surface area contributed by atoms with Crippen molar-refractivity contribution in [3.8, 4) is 0 Å². The molecule has 1 aromatic heterocycles. The van der Waals surface area contributed by atoms with Crippen LogP contribution in [0.3, 0.4) is 0 Å². The Morgan fingerprint density at radius 3 is 3.20 bits per heavy atom. The van der Waals surface area contributed by atoms with E-state index in [1.165, 1.54) is 0 Å². The van der Waals surface area contributed by atoms with E-state index in [0.717, 1.165) is 11.6 Å². The molecule has 0 aliphatic rings. The smallest absolute Gasteiger partial charge is 0.237 e. The van der Waals surface area contributed by atoms with E-state index in [-0.39, 0.29) is 5.91 Å². The zero-order valence-corrected chi connectivity index (χ0v) is 9.51. The number of nitrogens with two attached hydrogens (primary N) is 1. The number of H-pyrrole nitrogens is 1. The number of thioether (sulfide) groups is 1. The first-order valence-corrected chi connectivity index (χ1v) is 6.14. The molecule has 1 atom stereocenters. The first-order chi connectivity index (χ1) is 7.24. The fourth-order valence-corrected chi connectivity index (χ4v) is 1.56. The van der Waals surface area contributed by atoms with Gasteiger partial charge in [-0.15, -0.1) is 0 Å². The first kappa shape index (κ1) is 12.1. The Morgan fingerprint density at radius 2 is 2.60 bits per heavy atom. The highest BCUT2D eigenvalue weighted by atomic mass is 32.2. The van der Waals surface area contributed by atoms with Gasteiger partial charge in [-0.2, -0.15) is 11.8 Å². The zero-order chi connectivity index (χ0) is 11.1. The van der Waals surface area contributed by atoms with Crippen molar-refractivity contribution in [1.29, 1.82) is 0 Å². The van der Waals surface area contributed by atoms with Crippen LogP contribution in [0, 0.1) is 0 Å². The second kappa shape index (κ2) is 6.47. The van der Waals surface area contributed by atoms with E-state index in [0.29, 0.717) is 13.0 Å². The largest absolute Gasteiger partial charge is 0.348 e. The van der Waals surface area contributed by atoms with Crippen LogP contribution < -0.4 is 11.1 Å². The third-order valence-electron chi connectivity index (χ3n) is 1.95. The van der Waals surface area contributed by atoms with Crippen LogP contribution >= 0.6 is 11.8 Å². The maximum absolute atomic E-state index is 11.5. The molecular weight excluding hydrogens is 212 g/mol. The van der Waals surface area contributed by atoms with Gasteiger partial charge in [-0.3, -0.25) is 4.79 Å². The fourth-order valence-electron chi connectivity index (χ4n) is 1.07. The zero-order valence-electron chi connectivity index (χ0n) is 8.69. The summed E-state index contributed by atoms with van der Waals surface area (Å²) in [5.74, 6) is 1.51. The number of aromatic amines is 1. The molecular formula is C9H16N4OS. The van der Waals surface area contributed by atoms with Gasteiger partial charge in [-0.1, -0.05) is 0 Å². The summed E-state index contributed by atoms with van der Waals surface area (Å²) >= 11 is 1.68. The summed E-state index contributed by atoms with van der Waals surface area (Å²) in [6.45, 7) is 0.402. The molecule has 84 valence electrons. The molecule has 0 saturated heterocycles. The molecule has 0 saturated carbocycles. The van der Waals surface area contributed by atoms with Crippen molar-refractivity contribution in [2.75, 3.05) is 12.0 Å². The van der Waals surface area contributed by atoms with Gasteiger partial charge in [0.1, 0.15) is 5.82 Å². The molecule has 1 heterocycles. The monoisotopic (exact) mass is 228 g/mol. The summed E-state index contributed by atoms with van der Waals surface area (Å²) in [6, 6.07) is -0.424. The van der Waals surface area contributed by atoms with E-state index in [1.807, 2.05) is 6.26 Å². The minimum atomic E-state index is -0.424. The number of amides is 1. The van der Waals surface area contributed by atoms with E-state index in [2.05, 4.69) is 15.3 Å². The van der Waals surface area contributed by atoms with Crippen molar-refractivity contribution in [3.63, 3.8) is 0 Å². The third kappa shape index (κ3) is 4.35. The number of rotatable bonds is 6. The fraction of sp³-hybridized carbons (Fsp3) is 0.556. The van der Waals surface area contributed by atoms with Crippen LogP contribution in [0.25, 0.3) is 0 Å². The van der Waals surface area contributed by atoms with Crippen molar-refractivity contribution in [2.45, 2.75) is 19.0 Å². The lowest BCUT2D eigenvalue weighted by Crippen LogP contribution is -2.40. The van der Waals surface area contributed by atoms with Crippen LogP contribution in [0.1, 0.15) is 12.2 Å². The normalized spacial score (nSPS) is 12.4. The highest BCUT2D eigenvalue weighted by Gasteiger charge is 2.12. The molecule has 0 fully saturated rings. The van der Waals surface area contributed by atoms with E-state index < -0.39 is 6.04 Å². The SMILES string of the molecule is CSCC[C@H](N)C(=O)NCc1ncc[nH]1. The molecule has 0 aromatic carbocycles. The third-order valence-corrected chi connectivity index (χ3v) is 2.60. The summed E-state index contributed by atoms with van der Waals surface area (Å²) < 4.78 is 0. The van der Waals surface area contributed by atoms with Gasteiger partial charge in [0.2, 0.25) is 5.91 Å². The second-order valence-corrected chi connectivity index (χ2v) is 4.13. The molecule has 0 spiro atoms. The van der Waals surface area contributed by atoms with Crippen LogP contribution in [0.5, 0.6) is 0 Å². The summed E-state index contributed by atoms with van der Waals surface area (Å²) in [5, 5.41) is 2.73. The van der Waals surface area contributed by atoms with Gasteiger partial charge in [0.05, 0.1) is 12.6 Å². The quantitative estimate of drug-likeness (QED) is 0.645. The molecule has 0 bridgehead atoms. The Kier molecular flexibility index (Phi) is 5.20. The van der Waals surface area contributed by atoms with Crippen LogP contribution in [0.15, 0.2) is 12.4 Å². The maximum atomic E-state index is 11.5. The van der Waals surface area contributed by atoms with Gasteiger partial charge < -0.3 is 16.0 Å². The molecule has 1 aromatic rings. The molecule has 0 radical (unpaired) electrons. The molecule has 0 aliphatic heterocycles. The first-order valence-electron chi connectivity index (χ1n) is 4.74. The number of nitrogens with zero attached hydrogens (tertiary/aromatic N) is 1. The summed E-state index contributed by atoms with van der Waals surface area (Å²) in [6.07, 6.45) is 6.06. The van der Waals surface area contributed by atoms with Gasteiger partial charge >= 0.3 is 0 Å². The highest BCUT2D eigenvalue weighted by Crippen LogP contribution is 1.98. The number of aromatic nitrogens is 2. The van der Waals surface area contributed by atoms with Gasteiger partial charge in [0.15, 0.2) is 0 Å². The number of imidazole rings is 1. The van der Waals surface area contributed by atoms with Crippen LogP contribution in [0.4, 0.5) is 0 Å². The van der Waals surface area contributed by atoms with Crippen LogP contribution in [0.2, 0.25) is 0 Å². The van der Waals surface area contributed by atoms with E-state index in [4.69, 9.17) is 5.73 Å². The molecule has 15 heavy (non-hydrogen) atoms. The Labute approximate surface area is 93.2 Å². The number of nitrogens with one attached hydrogen (secondary N) is 2. The van der Waals surface area contributed by atoms with Gasteiger partial charge in [0.25, 0.3) is 0 Å². The molecule has 4 N–H and O–H groups in total. The molecule has 1 rings (SSSR count). The number of hydrogen-bond acceptors (Lipinski definition) is 4. The Morgan fingerprint density at radius 1 is 1.80 bits per heavy atom. The highest BCUT2D eigenvalue weighted by molar-refractivity contribution is 7.98. The standard InChI is InChI=1S/C9H16N4OS/c1-15-5-2-7(10)9(14)13-6-8-11-3-4-12-8/h3-4,7H,2,5-6,10H2,1H3,(H,11,12)(H,13,14)/t7-/m0/s1. The minimum Gasteiger partial charge on any atom is -0.348 e. The lowest BCUT2D eigenvalue weighted by molar-refractivity contribution is -0.122. The predicted molar refractivity (Wildman–Crippen MR) is 61.4 cm³/mol. The topological polar surface area (TPSA) is 83.8 Å². The Hall–Kier alpha value is -1.01. The van der Waals surface area contributed by atoms with Crippen LogP contribution in [-0.4, -0.2) is 33.9 Å². The maximum Gasteiger partial charge on any atom is 0.237 e. The predicted octanol–water partition coefficient (Wildman–Crippen LogP) is 0.106. The van der Waals surface area contributed by atoms with E-state index in [9.17, 15) is 4.79 Å². The minimum absolute atomic E-state index is 0.125. The molecule has 5 nitrogen and oxygen atoms in total. The van der Waals surface area contributed by atoms with Gasteiger partial charge in [-0.25, -0.2) is 4.98 Å². The second-order valence-electron chi connectivity index (χ2n) is 3.14. The van der Waals surface area contributed by atoms with Crippen LogP contribution in [-0.2, 0) is 11.3 Å². The lowest BCUT2D eigenvalue weighted by atomic mass is 10.2. The average molecular weight is 228 g/mol. The van der Waals surface area contributed by atoms with Gasteiger partial charge in [-0.05, 0) is 18.4 Å². The number of carbonyl (C=O) groups excluding carboxylic acids is 1. The van der Waals surface area contributed by atoms with Crippen molar-refractivity contribution >= 4 is 17.7 Å². The Bertz CT molecular complexity index is 288. The van der Waals surface area contributed by atoms with Crippen molar-refractivity contribution in [2.24, 2.45) is 5.73 Å². The molecule has 0 aliphatic carbocycles. The summed E-state index contributed by atoms with van der Waals surface area (Å²) in [5.41, 5.74) is 5.69. The Balaban J connectivity index is 2.23. The lowest BCUT2D eigenvalue weighted by Gasteiger charge is -2.10. The van der Waals surface area contributed by atoms with Crippen molar-refractivity contribution < 1.29 is 4.79 Å². The molecule has 0 unspecified atom stereocenters. The van der Waals surface area contributed by atoms with E-state index >= 15 is 0 Å². The van der Waals surface area contributed by atoms with Crippen molar-refractivity contribution in [1.82, 2.24) is 15.3 Å². The average Bonchev–Trinajstić information content (AvgIpc) is 2.75. The molecule has 6 heteroatoms. The van der Waals surface area contributed by atoms with E-state index in [1.54, 1.807) is 24.2 Å². The number of hydrogen-bond donors (Lipinski definition) is 3. The van der Waals surface area contributed by atoms with Crippen molar-refractivity contribution in [3.05, 3.63) is 18.2 Å². The number of carbonyl (C=O) groups is 1. The van der Waals surface area contributed by atoms with Gasteiger partial charge in [0, 0.05) is 12.4 Å².